The Morgan fingerprint density at radius 3 is 3.00 bits per heavy atom. The van der Waals surface area contributed by atoms with E-state index in [0.29, 0.717) is 5.84 Å². The molecule has 0 aromatic carbocycles. The maximum atomic E-state index is 5.34. The van der Waals surface area contributed by atoms with Gasteiger partial charge in [-0.15, -0.1) is 11.3 Å². The summed E-state index contributed by atoms with van der Waals surface area (Å²) in [6.07, 6.45) is 1.01. The van der Waals surface area contributed by atoms with E-state index in [1.807, 2.05) is 12.3 Å². The highest BCUT2D eigenvalue weighted by Gasteiger charge is 2.04. The van der Waals surface area contributed by atoms with Crippen LogP contribution < -0.4 is 11.3 Å². The van der Waals surface area contributed by atoms with E-state index in [4.69, 9.17) is 5.84 Å². The van der Waals surface area contributed by atoms with Crippen molar-refractivity contribution in [2.45, 2.75) is 20.3 Å². The van der Waals surface area contributed by atoms with E-state index < -0.39 is 0 Å². The van der Waals surface area contributed by atoms with Gasteiger partial charge in [0.25, 0.3) is 0 Å². The van der Waals surface area contributed by atoms with Crippen LogP contribution in [0.15, 0.2) is 10.4 Å². The molecule has 0 aliphatic rings. The molecule has 0 bridgehead atoms. The molecule has 0 fully saturated rings. The summed E-state index contributed by atoms with van der Waals surface area (Å²) in [4.78, 5) is 8.55. The number of hydrogen-bond donors (Lipinski definition) is 2. The molecule has 0 spiro atoms. The number of nitrogens with zero attached hydrogens (tertiary/aromatic N) is 2. The lowest BCUT2D eigenvalue weighted by Crippen LogP contribution is -2.31. The van der Waals surface area contributed by atoms with E-state index >= 15 is 0 Å². The number of amidine groups is 1. The lowest BCUT2D eigenvalue weighted by molar-refractivity contribution is 0.904. The quantitative estimate of drug-likeness (QED) is 0.330. The van der Waals surface area contributed by atoms with E-state index in [1.165, 1.54) is 0 Å². The summed E-state index contributed by atoms with van der Waals surface area (Å²) < 4.78 is 0. The first-order chi connectivity index (χ1) is 6.27. The first-order valence-corrected chi connectivity index (χ1v) is 5.09. The number of hydrogen-bond acceptors (Lipinski definition) is 4. The van der Waals surface area contributed by atoms with Crippen molar-refractivity contribution in [2.24, 2.45) is 10.8 Å². The molecule has 3 N–H and O–H groups in total. The van der Waals surface area contributed by atoms with Gasteiger partial charge in [-0.1, -0.05) is 6.92 Å². The summed E-state index contributed by atoms with van der Waals surface area (Å²) >= 11 is 1.59. The smallest absolute Gasteiger partial charge is 0.162 e. The number of hydrazine groups is 1. The van der Waals surface area contributed by atoms with Crippen molar-refractivity contribution < 1.29 is 0 Å². The number of aliphatic imine (C=N–C) groups is 1. The van der Waals surface area contributed by atoms with E-state index in [9.17, 15) is 0 Å². The number of aryl methyl sites for hydroxylation is 1. The van der Waals surface area contributed by atoms with Gasteiger partial charge in [0.05, 0.1) is 5.01 Å². The Morgan fingerprint density at radius 2 is 2.54 bits per heavy atom. The minimum absolute atomic E-state index is 0.672. The average molecular weight is 198 g/mol. The number of aromatic nitrogens is 1. The number of nitrogens with one attached hydrogen (secondary N) is 1. The third-order valence-corrected chi connectivity index (χ3v) is 2.27. The van der Waals surface area contributed by atoms with Crippen molar-refractivity contribution in [3.63, 3.8) is 0 Å². The summed E-state index contributed by atoms with van der Waals surface area (Å²) in [6, 6.07) is 0. The van der Waals surface area contributed by atoms with Gasteiger partial charge in [0, 0.05) is 11.9 Å². The second kappa shape index (κ2) is 4.94. The van der Waals surface area contributed by atoms with Crippen LogP contribution in [0.2, 0.25) is 0 Å². The Bertz CT molecular complexity index is 292. The molecule has 0 atom stereocenters. The van der Waals surface area contributed by atoms with Crippen molar-refractivity contribution in [2.75, 3.05) is 6.54 Å². The lowest BCUT2D eigenvalue weighted by Gasteiger charge is -2.00. The van der Waals surface area contributed by atoms with Crippen LogP contribution in [0.4, 0.5) is 0 Å². The third kappa shape index (κ3) is 2.78. The molecule has 0 saturated heterocycles. The summed E-state index contributed by atoms with van der Waals surface area (Å²) in [5, 5.41) is 2.97. The number of rotatable bonds is 3. The van der Waals surface area contributed by atoms with Crippen molar-refractivity contribution in [3.05, 3.63) is 16.1 Å². The molecule has 0 unspecified atom stereocenters. The summed E-state index contributed by atoms with van der Waals surface area (Å²) in [7, 11) is 0. The molecule has 0 aliphatic carbocycles. The summed E-state index contributed by atoms with van der Waals surface area (Å²) in [6.45, 7) is 4.81. The van der Waals surface area contributed by atoms with Crippen LogP contribution in [0.5, 0.6) is 0 Å². The molecular weight excluding hydrogens is 184 g/mol. The van der Waals surface area contributed by atoms with Gasteiger partial charge in [-0.25, -0.2) is 10.8 Å². The SMILES string of the molecule is CCCN=C(NN)c1csc(C)n1. The Hall–Kier alpha value is -0.940. The zero-order valence-electron chi connectivity index (χ0n) is 7.87. The van der Waals surface area contributed by atoms with Crippen LogP contribution >= 0.6 is 11.3 Å². The fourth-order valence-electron chi connectivity index (χ4n) is 0.896. The van der Waals surface area contributed by atoms with Gasteiger partial charge >= 0.3 is 0 Å². The minimum Gasteiger partial charge on any atom is -0.307 e. The third-order valence-electron chi connectivity index (χ3n) is 1.49. The molecule has 13 heavy (non-hydrogen) atoms. The van der Waals surface area contributed by atoms with Crippen LogP contribution in [0.3, 0.4) is 0 Å². The molecule has 1 aromatic heterocycles. The summed E-state index contributed by atoms with van der Waals surface area (Å²) in [5.41, 5.74) is 3.39. The van der Waals surface area contributed by atoms with Crippen molar-refractivity contribution in [1.29, 1.82) is 0 Å². The molecule has 1 rings (SSSR count). The van der Waals surface area contributed by atoms with Crippen molar-refractivity contribution in [3.8, 4) is 0 Å². The maximum Gasteiger partial charge on any atom is 0.162 e. The van der Waals surface area contributed by atoms with Crippen LogP contribution in [0.25, 0.3) is 0 Å². The molecule has 5 heteroatoms. The highest BCUT2D eigenvalue weighted by atomic mass is 32.1. The largest absolute Gasteiger partial charge is 0.307 e. The molecule has 0 radical (unpaired) electrons. The standard InChI is InChI=1S/C8H14N4S/c1-3-4-10-8(12-9)7-5-13-6(2)11-7/h5H,3-4,9H2,1-2H3,(H,10,12). The van der Waals surface area contributed by atoms with E-state index in [-0.39, 0.29) is 0 Å². The van der Waals surface area contributed by atoms with Crippen LogP contribution in [0.1, 0.15) is 24.0 Å². The van der Waals surface area contributed by atoms with Crippen molar-refractivity contribution in [1.82, 2.24) is 10.4 Å². The molecule has 1 aromatic rings. The van der Waals surface area contributed by atoms with Crippen LogP contribution in [-0.2, 0) is 0 Å². The fraction of sp³-hybridized carbons (Fsp3) is 0.500. The monoisotopic (exact) mass is 198 g/mol. The molecule has 72 valence electrons. The molecule has 0 aliphatic heterocycles. The van der Waals surface area contributed by atoms with Gasteiger partial charge in [0.2, 0.25) is 0 Å². The van der Waals surface area contributed by atoms with Crippen molar-refractivity contribution >= 4 is 17.2 Å². The Kier molecular flexibility index (Phi) is 3.85. The Morgan fingerprint density at radius 1 is 1.77 bits per heavy atom. The van der Waals surface area contributed by atoms with Gasteiger partial charge in [0.15, 0.2) is 5.84 Å². The molecule has 0 saturated carbocycles. The maximum absolute atomic E-state index is 5.34. The molecule has 4 nitrogen and oxygen atoms in total. The Labute approximate surface area is 81.9 Å². The minimum atomic E-state index is 0.672. The molecular formula is C8H14N4S. The highest BCUT2D eigenvalue weighted by Crippen LogP contribution is 2.07. The van der Waals surface area contributed by atoms with Gasteiger partial charge in [-0.2, -0.15) is 0 Å². The first kappa shape index (κ1) is 10.1. The van der Waals surface area contributed by atoms with E-state index in [2.05, 4.69) is 22.3 Å². The second-order valence-electron chi connectivity index (χ2n) is 2.63. The van der Waals surface area contributed by atoms with Gasteiger partial charge in [-0.05, 0) is 13.3 Å². The van der Waals surface area contributed by atoms with Crippen LogP contribution in [-0.4, -0.2) is 17.4 Å². The fourth-order valence-corrected chi connectivity index (χ4v) is 1.49. The second-order valence-corrected chi connectivity index (χ2v) is 3.69. The average Bonchev–Trinajstić information content (AvgIpc) is 2.54. The van der Waals surface area contributed by atoms with Gasteiger partial charge < -0.3 is 5.43 Å². The van der Waals surface area contributed by atoms with E-state index in [1.54, 1.807) is 11.3 Å². The number of nitrogens with two attached hydrogens (primary N) is 1. The predicted octanol–water partition coefficient (Wildman–Crippen LogP) is 1.07. The lowest BCUT2D eigenvalue weighted by atomic mass is 10.4. The molecule has 1 heterocycles. The van der Waals surface area contributed by atoms with Gasteiger partial charge in [-0.3, -0.25) is 4.99 Å². The van der Waals surface area contributed by atoms with E-state index in [0.717, 1.165) is 23.7 Å². The number of thiazole rings is 1. The first-order valence-electron chi connectivity index (χ1n) is 4.21. The summed E-state index contributed by atoms with van der Waals surface area (Å²) in [5.74, 6) is 6.01. The Balaban J connectivity index is 2.77. The predicted molar refractivity (Wildman–Crippen MR) is 55.9 cm³/mol. The van der Waals surface area contributed by atoms with Gasteiger partial charge in [0.1, 0.15) is 5.69 Å². The highest BCUT2D eigenvalue weighted by molar-refractivity contribution is 7.09. The molecule has 0 amide bonds. The normalized spacial score (nSPS) is 11.8. The topological polar surface area (TPSA) is 63.3 Å². The zero-order chi connectivity index (χ0) is 9.68. The van der Waals surface area contributed by atoms with Crippen LogP contribution in [0, 0.1) is 6.92 Å². The zero-order valence-corrected chi connectivity index (χ0v) is 8.69.